The van der Waals surface area contributed by atoms with Gasteiger partial charge in [-0.3, -0.25) is 4.79 Å². The lowest BCUT2D eigenvalue weighted by atomic mass is 9.85. The Bertz CT molecular complexity index is 200. The minimum absolute atomic E-state index is 0.137. The van der Waals surface area contributed by atoms with E-state index in [2.05, 4.69) is 19.1 Å². The van der Waals surface area contributed by atoms with Crippen molar-refractivity contribution >= 4 is 5.97 Å². The monoisotopic (exact) mass is 196 g/mol. The number of ether oxygens (including phenoxy) is 1. The molecule has 0 N–H and O–H groups in total. The second-order valence-electron chi connectivity index (χ2n) is 4.06. The van der Waals surface area contributed by atoms with Gasteiger partial charge in [-0.15, -0.1) is 0 Å². The Labute approximate surface area is 86.3 Å². The number of hydrogen-bond acceptors (Lipinski definition) is 2. The van der Waals surface area contributed by atoms with Crippen molar-refractivity contribution in [3.05, 3.63) is 12.2 Å². The van der Waals surface area contributed by atoms with Crippen LogP contribution in [0.2, 0.25) is 0 Å². The third kappa shape index (κ3) is 3.95. The SMILES string of the molecule is CC=CCC1CCC(OC(C)=O)CC1. The molecule has 2 nitrogen and oxygen atoms in total. The van der Waals surface area contributed by atoms with E-state index in [9.17, 15) is 4.79 Å². The summed E-state index contributed by atoms with van der Waals surface area (Å²) in [5.41, 5.74) is 0. The van der Waals surface area contributed by atoms with Crippen LogP contribution in [0.5, 0.6) is 0 Å². The molecule has 0 aliphatic heterocycles. The number of esters is 1. The predicted octanol–water partition coefficient (Wildman–Crippen LogP) is 3.07. The first-order chi connectivity index (χ1) is 6.72. The van der Waals surface area contributed by atoms with Crippen molar-refractivity contribution in [2.75, 3.05) is 0 Å². The molecule has 0 aromatic rings. The van der Waals surface area contributed by atoms with E-state index in [1.54, 1.807) is 0 Å². The zero-order valence-electron chi connectivity index (χ0n) is 9.16. The zero-order chi connectivity index (χ0) is 10.4. The molecule has 1 fully saturated rings. The highest BCUT2D eigenvalue weighted by Crippen LogP contribution is 2.28. The third-order valence-corrected chi connectivity index (χ3v) is 2.83. The van der Waals surface area contributed by atoms with Gasteiger partial charge in [-0.25, -0.2) is 0 Å². The highest BCUT2D eigenvalue weighted by atomic mass is 16.5. The lowest BCUT2D eigenvalue weighted by Gasteiger charge is -2.27. The normalized spacial score (nSPS) is 27.9. The molecule has 2 heteroatoms. The van der Waals surface area contributed by atoms with E-state index in [1.165, 1.54) is 26.2 Å². The van der Waals surface area contributed by atoms with Crippen molar-refractivity contribution in [3.63, 3.8) is 0 Å². The molecule has 0 radical (unpaired) electrons. The summed E-state index contributed by atoms with van der Waals surface area (Å²) in [7, 11) is 0. The van der Waals surface area contributed by atoms with Crippen LogP contribution >= 0.6 is 0 Å². The van der Waals surface area contributed by atoms with Gasteiger partial charge >= 0.3 is 5.97 Å². The van der Waals surface area contributed by atoms with E-state index < -0.39 is 0 Å². The minimum atomic E-state index is -0.137. The summed E-state index contributed by atoms with van der Waals surface area (Å²) in [6, 6.07) is 0. The van der Waals surface area contributed by atoms with Crippen molar-refractivity contribution in [1.29, 1.82) is 0 Å². The first kappa shape index (κ1) is 11.3. The molecule has 80 valence electrons. The Hall–Kier alpha value is -0.790. The maximum absolute atomic E-state index is 10.7. The average molecular weight is 196 g/mol. The van der Waals surface area contributed by atoms with Gasteiger partial charge in [-0.2, -0.15) is 0 Å². The maximum atomic E-state index is 10.7. The van der Waals surface area contributed by atoms with Gasteiger partial charge in [-0.1, -0.05) is 12.2 Å². The summed E-state index contributed by atoms with van der Waals surface area (Å²) in [6.45, 7) is 3.55. The lowest BCUT2D eigenvalue weighted by Crippen LogP contribution is -2.23. The second kappa shape index (κ2) is 5.84. The molecule has 0 heterocycles. The molecular weight excluding hydrogens is 176 g/mol. The van der Waals surface area contributed by atoms with Crippen LogP contribution in [-0.4, -0.2) is 12.1 Å². The summed E-state index contributed by atoms with van der Waals surface area (Å²) >= 11 is 0. The second-order valence-corrected chi connectivity index (χ2v) is 4.06. The van der Waals surface area contributed by atoms with Gasteiger partial charge in [0.1, 0.15) is 6.10 Å². The third-order valence-electron chi connectivity index (χ3n) is 2.83. The number of allylic oxidation sites excluding steroid dienone is 2. The standard InChI is InChI=1S/C12H20O2/c1-3-4-5-11-6-8-12(9-7-11)14-10(2)13/h3-4,11-12H,5-9H2,1-2H3. The van der Waals surface area contributed by atoms with E-state index in [1.807, 2.05) is 0 Å². The van der Waals surface area contributed by atoms with Crippen LogP contribution in [0.15, 0.2) is 12.2 Å². The molecule has 0 saturated heterocycles. The van der Waals surface area contributed by atoms with Gasteiger partial charge in [0.15, 0.2) is 0 Å². The molecule has 14 heavy (non-hydrogen) atoms. The summed E-state index contributed by atoms with van der Waals surface area (Å²) in [6.07, 6.45) is 10.2. The molecule has 0 aromatic heterocycles. The predicted molar refractivity (Wildman–Crippen MR) is 56.9 cm³/mol. The smallest absolute Gasteiger partial charge is 0.302 e. The summed E-state index contributed by atoms with van der Waals surface area (Å²) in [4.78, 5) is 10.7. The van der Waals surface area contributed by atoms with E-state index >= 15 is 0 Å². The molecule has 1 aliphatic carbocycles. The fourth-order valence-corrected chi connectivity index (χ4v) is 2.05. The Morgan fingerprint density at radius 2 is 2.00 bits per heavy atom. The molecule has 1 rings (SSSR count). The summed E-state index contributed by atoms with van der Waals surface area (Å²) in [5, 5.41) is 0. The van der Waals surface area contributed by atoms with E-state index in [0.717, 1.165) is 18.8 Å². The molecule has 0 amide bonds. The first-order valence-corrected chi connectivity index (χ1v) is 5.50. The van der Waals surface area contributed by atoms with Crippen LogP contribution in [0, 0.1) is 5.92 Å². The van der Waals surface area contributed by atoms with Crippen LogP contribution in [0.25, 0.3) is 0 Å². The van der Waals surface area contributed by atoms with Crippen molar-refractivity contribution in [2.45, 2.75) is 52.1 Å². The van der Waals surface area contributed by atoms with Crippen LogP contribution in [0.1, 0.15) is 46.0 Å². The molecular formula is C12H20O2. The Balaban J connectivity index is 2.20. The molecule has 0 bridgehead atoms. The van der Waals surface area contributed by atoms with Gasteiger partial charge in [0, 0.05) is 6.92 Å². The fourth-order valence-electron chi connectivity index (χ4n) is 2.05. The van der Waals surface area contributed by atoms with Crippen LogP contribution in [-0.2, 0) is 9.53 Å². The van der Waals surface area contributed by atoms with Crippen LogP contribution in [0.4, 0.5) is 0 Å². The van der Waals surface area contributed by atoms with E-state index in [-0.39, 0.29) is 12.1 Å². The topological polar surface area (TPSA) is 26.3 Å². The van der Waals surface area contributed by atoms with Gasteiger partial charge in [0.2, 0.25) is 0 Å². The Kier molecular flexibility index (Phi) is 4.71. The largest absolute Gasteiger partial charge is 0.463 e. The maximum Gasteiger partial charge on any atom is 0.302 e. The molecule has 0 atom stereocenters. The van der Waals surface area contributed by atoms with E-state index in [4.69, 9.17) is 4.74 Å². The number of carbonyl (C=O) groups excluding carboxylic acids is 1. The van der Waals surface area contributed by atoms with Crippen molar-refractivity contribution < 1.29 is 9.53 Å². The Morgan fingerprint density at radius 1 is 1.36 bits per heavy atom. The highest BCUT2D eigenvalue weighted by molar-refractivity contribution is 5.66. The molecule has 0 unspecified atom stereocenters. The van der Waals surface area contributed by atoms with Crippen LogP contribution < -0.4 is 0 Å². The zero-order valence-corrected chi connectivity index (χ0v) is 9.16. The first-order valence-electron chi connectivity index (χ1n) is 5.50. The highest BCUT2D eigenvalue weighted by Gasteiger charge is 2.21. The molecule has 0 aromatic carbocycles. The summed E-state index contributed by atoms with van der Waals surface area (Å²) < 4.78 is 5.19. The van der Waals surface area contributed by atoms with Gasteiger partial charge < -0.3 is 4.74 Å². The number of carbonyl (C=O) groups is 1. The van der Waals surface area contributed by atoms with Gasteiger partial charge in [-0.05, 0) is 44.9 Å². The van der Waals surface area contributed by atoms with E-state index in [0.29, 0.717) is 0 Å². The molecule has 1 saturated carbocycles. The summed E-state index contributed by atoms with van der Waals surface area (Å²) in [5.74, 6) is 0.667. The van der Waals surface area contributed by atoms with Crippen LogP contribution in [0.3, 0.4) is 0 Å². The Morgan fingerprint density at radius 3 is 2.50 bits per heavy atom. The number of rotatable bonds is 3. The minimum Gasteiger partial charge on any atom is -0.463 e. The average Bonchev–Trinajstić information content (AvgIpc) is 2.16. The van der Waals surface area contributed by atoms with Gasteiger partial charge in [0.05, 0.1) is 0 Å². The van der Waals surface area contributed by atoms with Crippen molar-refractivity contribution in [1.82, 2.24) is 0 Å². The number of hydrogen-bond donors (Lipinski definition) is 0. The van der Waals surface area contributed by atoms with Gasteiger partial charge in [0.25, 0.3) is 0 Å². The fraction of sp³-hybridized carbons (Fsp3) is 0.750. The molecule has 0 spiro atoms. The van der Waals surface area contributed by atoms with Crippen molar-refractivity contribution in [2.24, 2.45) is 5.92 Å². The lowest BCUT2D eigenvalue weighted by molar-refractivity contribution is -0.148. The van der Waals surface area contributed by atoms with Crippen molar-refractivity contribution in [3.8, 4) is 0 Å². The molecule has 1 aliphatic rings. The quantitative estimate of drug-likeness (QED) is 0.512.